The highest BCUT2D eigenvalue weighted by Crippen LogP contribution is 2.32. The zero-order valence-electron chi connectivity index (χ0n) is 9.78. The molecule has 1 heterocycles. The first-order valence-corrected chi connectivity index (χ1v) is 5.10. The number of hydrogen-bond donors (Lipinski definition) is 0. The molecule has 0 atom stereocenters. The Bertz CT molecular complexity index is 588. The molecule has 4 nitrogen and oxygen atoms in total. The summed E-state index contributed by atoms with van der Waals surface area (Å²) in [5.41, 5.74) is -0.223. The van der Waals surface area contributed by atoms with Crippen molar-refractivity contribution in [1.29, 1.82) is 0 Å². The van der Waals surface area contributed by atoms with E-state index in [1.54, 1.807) is 0 Å². The molecule has 0 radical (unpaired) electrons. The normalized spacial score (nSPS) is 10.4. The van der Waals surface area contributed by atoms with Crippen molar-refractivity contribution in [2.75, 3.05) is 7.11 Å². The summed E-state index contributed by atoms with van der Waals surface area (Å²) in [6.07, 6.45) is 0.465. The van der Waals surface area contributed by atoms with Gasteiger partial charge >= 0.3 is 0 Å². The largest absolute Gasteiger partial charge is 0.479 e. The van der Waals surface area contributed by atoms with Gasteiger partial charge in [-0.05, 0) is 12.1 Å². The van der Waals surface area contributed by atoms with Gasteiger partial charge in [0.25, 0.3) is 0 Å². The minimum atomic E-state index is -0.760. The van der Waals surface area contributed by atoms with Crippen LogP contribution >= 0.6 is 0 Å². The molecule has 0 fully saturated rings. The fourth-order valence-electron chi connectivity index (χ4n) is 1.79. The lowest BCUT2D eigenvalue weighted by Crippen LogP contribution is -2.00. The fourth-order valence-corrected chi connectivity index (χ4v) is 1.79. The van der Waals surface area contributed by atoms with Crippen LogP contribution in [0.5, 0.6) is 5.88 Å². The lowest BCUT2D eigenvalue weighted by Gasteiger charge is -2.05. The number of rotatable bonds is 3. The van der Waals surface area contributed by atoms with E-state index in [4.69, 9.17) is 4.74 Å². The summed E-state index contributed by atoms with van der Waals surface area (Å²) in [4.78, 5) is 11.0. The third-order valence-electron chi connectivity index (χ3n) is 2.56. The highest BCUT2D eigenvalue weighted by Gasteiger charge is 2.23. The van der Waals surface area contributed by atoms with Crippen molar-refractivity contribution in [3.8, 4) is 17.1 Å². The van der Waals surface area contributed by atoms with Crippen LogP contribution in [0.25, 0.3) is 11.3 Å². The highest BCUT2D eigenvalue weighted by atomic mass is 19.1. The molecule has 18 heavy (non-hydrogen) atoms. The summed E-state index contributed by atoms with van der Waals surface area (Å²) in [5.74, 6) is -1.49. The molecular formula is C12H10F2N2O2. The van der Waals surface area contributed by atoms with Gasteiger partial charge in [-0.1, -0.05) is 6.07 Å². The summed E-state index contributed by atoms with van der Waals surface area (Å²) in [6, 6.07) is 3.49. The molecule has 0 aliphatic heterocycles. The Kier molecular flexibility index (Phi) is 3.10. The number of nitrogens with zero attached hydrogens (tertiary/aromatic N) is 2. The lowest BCUT2D eigenvalue weighted by molar-refractivity contribution is 0.112. The molecule has 6 heteroatoms. The Hall–Kier alpha value is -2.24. The summed E-state index contributed by atoms with van der Waals surface area (Å²) in [7, 11) is 2.81. The van der Waals surface area contributed by atoms with Crippen molar-refractivity contribution in [2.45, 2.75) is 0 Å². The zero-order valence-corrected chi connectivity index (χ0v) is 9.78. The first-order valence-electron chi connectivity index (χ1n) is 5.10. The molecular weight excluding hydrogens is 242 g/mol. The van der Waals surface area contributed by atoms with Gasteiger partial charge < -0.3 is 4.74 Å². The van der Waals surface area contributed by atoms with Crippen LogP contribution in [0.2, 0.25) is 0 Å². The van der Waals surface area contributed by atoms with Crippen molar-refractivity contribution >= 4 is 6.29 Å². The van der Waals surface area contributed by atoms with E-state index in [1.165, 1.54) is 24.9 Å². The molecule has 1 aromatic carbocycles. The predicted octanol–water partition coefficient (Wildman–Crippen LogP) is 2.19. The molecule has 0 unspecified atom stereocenters. The van der Waals surface area contributed by atoms with Crippen LogP contribution < -0.4 is 4.74 Å². The number of aromatic nitrogens is 2. The summed E-state index contributed by atoms with van der Waals surface area (Å²) < 4.78 is 33.5. The average molecular weight is 252 g/mol. The van der Waals surface area contributed by atoms with Gasteiger partial charge in [-0.15, -0.1) is 5.10 Å². The van der Waals surface area contributed by atoms with Gasteiger partial charge in [0.15, 0.2) is 6.29 Å². The van der Waals surface area contributed by atoms with Crippen LogP contribution in [0.15, 0.2) is 18.2 Å². The Morgan fingerprint density at radius 1 is 1.33 bits per heavy atom. The van der Waals surface area contributed by atoms with Crippen LogP contribution in [0.1, 0.15) is 10.4 Å². The second-order valence-electron chi connectivity index (χ2n) is 3.61. The maximum Gasteiger partial charge on any atom is 0.243 e. The monoisotopic (exact) mass is 252 g/mol. The van der Waals surface area contributed by atoms with Crippen molar-refractivity contribution in [3.05, 3.63) is 35.4 Å². The second-order valence-corrected chi connectivity index (χ2v) is 3.61. The highest BCUT2D eigenvalue weighted by molar-refractivity contribution is 5.89. The molecule has 94 valence electrons. The average Bonchev–Trinajstić information content (AvgIpc) is 2.66. The molecule has 0 spiro atoms. The van der Waals surface area contributed by atoms with Crippen molar-refractivity contribution in [3.63, 3.8) is 0 Å². The van der Waals surface area contributed by atoms with Gasteiger partial charge in [0.05, 0.1) is 18.4 Å². The molecule has 0 bridgehead atoms. The number of hydrogen-bond acceptors (Lipinski definition) is 3. The zero-order chi connectivity index (χ0) is 13.3. The quantitative estimate of drug-likeness (QED) is 0.786. The van der Waals surface area contributed by atoms with E-state index in [0.717, 1.165) is 12.1 Å². The topological polar surface area (TPSA) is 44.1 Å². The molecule has 2 rings (SSSR count). The van der Waals surface area contributed by atoms with E-state index in [9.17, 15) is 13.6 Å². The van der Waals surface area contributed by atoms with E-state index in [1.807, 2.05) is 0 Å². The molecule has 1 aromatic heterocycles. The number of aryl methyl sites for hydroxylation is 1. The first kappa shape index (κ1) is 12.2. The molecule has 2 aromatic rings. The first-order chi connectivity index (χ1) is 8.60. The minimum Gasteiger partial charge on any atom is -0.479 e. The molecule has 0 saturated carbocycles. The van der Waals surface area contributed by atoms with Crippen molar-refractivity contribution in [1.82, 2.24) is 9.78 Å². The van der Waals surface area contributed by atoms with Gasteiger partial charge in [0.2, 0.25) is 5.88 Å². The van der Waals surface area contributed by atoms with E-state index >= 15 is 0 Å². The van der Waals surface area contributed by atoms with Gasteiger partial charge in [0, 0.05) is 7.05 Å². The number of aldehydes is 1. The predicted molar refractivity (Wildman–Crippen MR) is 60.5 cm³/mol. The van der Waals surface area contributed by atoms with E-state index in [2.05, 4.69) is 5.10 Å². The number of carbonyl (C=O) groups is 1. The van der Waals surface area contributed by atoms with E-state index in [-0.39, 0.29) is 22.7 Å². The summed E-state index contributed by atoms with van der Waals surface area (Å²) >= 11 is 0. The van der Waals surface area contributed by atoms with E-state index < -0.39 is 11.6 Å². The third kappa shape index (κ3) is 1.75. The standard InChI is InChI=1S/C12H10F2N2O2/c1-16-11(7(6-17)12(15-16)18-2)10-8(13)4-3-5-9(10)14/h3-6H,1-2H3. The van der Waals surface area contributed by atoms with Crippen molar-refractivity contribution in [2.24, 2.45) is 7.05 Å². The van der Waals surface area contributed by atoms with Crippen LogP contribution in [0.4, 0.5) is 8.78 Å². The Labute approximate surface area is 102 Å². The fraction of sp³-hybridized carbons (Fsp3) is 0.167. The van der Waals surface area contributed by atoms with Crippen LogP contribution in [-0.2, 0) is 7.05 Å². The molecule has 0 saturated heterocycles. The van der Waals surface area contributed by atoms with Crippen LogP contribution in [-0.4, -0.2) is 23.2 Å². The number of benzene rings is 1. The summed E-state index contributed by atoms with van der Waals surface area (Å²) in [6.45, 7) is 0. The number of ether oxygens (including phenoxy) is 1. The van der Waals surface area contributed by atoms with Crippen LogP contribution in [0, 0.1) is 11.6 Å². The molecule has 0 amide bonds. The maximum atomic E-state index is 13.7. The summed E-state index contributed by atoms with van der Waals surface area (Å²) in [5, 5.41) is 3.89. The molecule has 0 aliphatic carbocycles. The Balaban J connectivity index is 2.78. The smallest absolute Gasteiger partial charge is 0.243 e. The van der Waals surface area contributed by atoms with Gasteiger partial charge in [-0.3, -0.25) is 9.48 Å². The third-order valence-corrected chi connectivity index (χ3v) is 2.56. The van der Waals surface area contributed by atoms with Gasteiger partial charge in [0.1, 0.15) is 17.2 Å². The Morgan fingerprint density at radius 3 is 2.44 bits per heavy atom. The second kappa shape index (κ2) is 4.56. The molecule has 0 aliphatic rings. The number of methoxy groups -OCH3 is 1. The van der Waals surface area contributed by atoms with Crippen LogP contribution in [0.3, 0.4) is 0 Å². The number of halogens is 2. The number of carbonyl (C=O) groups excluding carboxylic acids is 1. The Morgan fingerprint density at radius 2 is 1.94 bits per heavy atom. The SMILES string of the molecule is COc1nn(C)c(-c2c(F)cccc2F)c1C=O. The van der Waals surface area contributed by atoms with Gasteiger partial charge in [-0.25, -0.2) is 8.78 Å². The van der Waals surface area contributed by atoms with Crippen molar-refractivity contribution < 1.29 is 18.3 Å². The van der Waals surface area contributed by atoms with Gasteiger partial charge in [-0.2, -0.15) is 0 Å². The minimum absolute atomic E-state index is 0.0176. The molecule has 0 N–H and O–H groups in total. The van der Waals surface area contributed by atoms with E-state index in [0.29, 0.717) is 6.29 Å². The maximum absolute atomic E-state index is 13.7. The lowest BCUT2D eigenvalue weighted by atomic mass is 10.1.